The highest BCUT2D eigenvalue weighted by atomic mass is 14.4. The topological polar surface area (TPSA) is 26.0 Å². The molecule has 0 spiro atoms. The second-order valence-electron chi connectivity index (χ2n) is 3.00. The standard InChI is InChI=1S/C5H12.C2H6.CH5N.CH4/c1-5(2,3)4;2*1-2;/h1-4H3;1-2H3;2H2,1H3;1H4. The molecule has 68 valence electrons. The largest absolute Gasteiger partial charge is 0.333 e. The van der Waals surface area contributed by atoms with Gasteiger partial charge in [-0.3, -0.25) is 0 Å². The predicted octanol–water partition coefficient (Wildman–Crippen LogP) is 3.29. The molecule has 0 aromatic carbocycles. The maximum Gasteiger partial charge on any atom is -0.0195 e. The monoisotopic (exact) mass is 149 g/mol. The average Bonchev–Trinajstić information content (AvgIpc) is 1.72. The van der Waals surface area contributed by atoms with E-state index in [9.17, 15) is 0 Å². The molecule has 0 radical (unpaired) electrons. The summed E-state index contributed by atoms with van der Waals surface area (Å²) in [4.78, 5) is 0. The van der Waals surface area contributed by atoms with Crippen LogP contribution in [0.3, 0.4) is 0 Å². The van der Waals surface area contributed by atoms with Gasteiger partial charge in [0, 0.05) is 0 Å². The van der Waals surface area contributed by atoms with Crippen LogP contribution in [0.2, 0.25) is 0 Å². The molecule has 0 aliphatic carbocycles. The van der Waals surface area contributed by atoms with Crippen molar-refractivity contribution in [2.75, 3.05) is 7.05 Å². The zero-order valence-electron chi connectivity index (χ0n) is 8.08. The summed E-state index contributed by atoms with van der Waals surface area (Å²) in [6.45, 7) is 12.8. The first-order chi connectivity index (χ1) is 4.00. The van der Waals surface area contributed by atoms with E-state index in [1.54, 1.807) is 0 Å². The lowest BCUT2D eigenvalue weighted by Crippen LogP contribution is -1.93. The fourth-order valence-electron chi connectivity index (χ4n) is 0. The Balaban J connectivity index is -0.0000000315. The van der Waals surface area contributed by atoms with Crippen LogP contribution >= 0.6 is 0 Å². The number of rotatable bonds is 0. The normalized spacial score (nSPS) is 7.20. The van der Waals surface area contributed by atoms with Crippen molar-refractivity contribution in [3.05, 3.63) is 0 Å². The van der Waals surface area contributed by atoms with E-state index in [0.29, 0.717) is 5.41 Å². The third kappa shape index (κ3) is 241000. The third-order valence-corrected chi connectivity index (χ3v) is 0. The Morgan fingerprint density at radius 2 is 0.800 bits per heavy atom. The van der Waals surface area contributed by atoms with Gasteiger partial charge in [0.25, 0.3) is 0 Å². The fraction of sp³-hybridized carbons (Fsp3) is 1.00. The van der Waals surface area contributed by atoms with Crippen LogP contribution in [0.1, 0.15) is 49.0 Å². The highest BCUT2D eigenvalue weighted by Crippen LogP contribution is 2.07. The van der Waals surface area contributed by atoms with Crippen LogP contribution in [0.15, 0.2) is 0 Å². The van der Waals surface area contributed by atoms with Crippen molar-refractivity contribution in [1.82, 2.24) is 0 Å². The Labute approximate surface area is 68.0 Å². The number of hydrogen-bond acceptors (Lipinski definition) is 1. The van der Waals surface area contributed by atoms with Gasteiger partial charge in [-0.25, -0.2) is 0 Å². The number of hydrogen-bond donors (Lipinski definition) is 1. The molecular weight excluding hydrogens is 122 g/mol. The molecule has 0 rings (SSSR count). The summed E-state index contributed by atoms with van der Waals surface area (Å²) in [5, 5.41) is 0. The lowest BCUT2D eigenvalue weighted by molar-refractivity contribution is 0.469. The zero-order chi connectivity index (χ0) is 8.50. The summed E-state index contributed by atoms with van der Waals surface area (Å²) < 4.78 is 0. The third-order valence-electron chi connectivity index (χ3n) is 0. The zero-order valence-corrected chi connectivity index (χ0v) is 8.08. The van der Waals surface area contributed by atoms with Crippen LogP contribution in [0.25, 0.3) is 0 Å². The van der Waals surface area contributed by atoms with Crippen molar-refractivity contribution in [2.24, 2.45) is 11.1 Å². The molecule has 0 aromatic rings. The van der Waals surface area contributed by atoms with Gasteiger partial charge < -0.3 is 5.73 Å². The Morgan fingerprint density at radius 3 is 0.800 bits per heavy atom. The van der Waals surface area contributed by atoms with Crippen LogP contribution in [0.4, 0.5) is 0 Å². The first-order valence-corrected chi connectivity index (χ1v) is 3.58. The predicted molar refractivity (Wildman–Crippen MR) is 53.3 cm³/mol. The molecule has 0 aliphatic heterocycles. The molecule has 0 unspecified atom stereocenters. The summed E-state index contributed by atoms with van der Waals surface area (Å²) in [6, 6.07) is 0. The SMILES string of the molecule is C.CC.CC(C)(C)C.CN. The van der Waals surface area contributed by atoms with Crippen molar-refractivity contribution < 1.29 is 0 Å². The van der Waals surface area contributed by atoms with Crippen molar-refractivity contribution in [2.45, 2.75) is 49.0 Å². The number of nitrogens with two attached hydrogens (primary N) is 1. The molecule has 2 N–H and O–H groups in total. The first-order valence-electron chi connectivity index (χ1n) is 3.58. The molecule has 0 bridgehead atoms. The van der Waals surface area contributed by atoms with Crippen molar-refractivity contribution in [1.29, 1.82) is 0 Å². The highest BCUT2D eigenvalue weighted by Gasteiger charge is 1.95. The summed E-state index contributed by atoms with van der Waals surface area (Å²) in [5.74, 6) is 0. The molecular formula is C9H27N. The summed E-state index contributed by atoms with van der Waals surface area (Å²) in [6.07, 6.45) is 0. The summed E-state index contributed by atoms with van der Waals surface area (Å²) in [7, 11) is 1.50. The van der Waals surface area contributed by atoms with E-state index >= 15 is 0 Å². The quantitative estimate of drug-likeness (QED) is 0.562. The van der Waals surface area contributed by atoms with Gasteiger partial charge >= 0.3 is 0 Å². The Bertz CT molecular complexity index is 20.2. The lowest BCUT2D eigenvalue weighted by Gasteiger charge is -2.05. The van der Waals surface area contributed by atoms with Gasteiger partial charge in [-0.2, -0.15) is 0 Å². The second kappa shape index (κ2) is 16.0. The molecule has 0 saturated heterocycles. The first kappa shape index (κ1) is 22.5. The fourth-order valence-corrected chi connectivity index (χ4v) is 0. The van der Waals surface area contributed by atoms with Crippen LogP contribution in [0, 0.1) is 5.41 Å². The Hall–Kier alpha value is -0.0400. The molecule has 0 aliphatic rings. The summed E-state index contributed by atoms with van der Waals surface area (Å²) in [5.41, 5.74) is 5.00. The maximum atomic E-state index is 4.50. The van der Waals surface area contributed by atoms with Crippen molar-refractivity contribution in [3.63, 3.8) is 0 Å². The van der Waals surface area contributed by atoms with Crippen LogP contribution in [-0.4, -0.2) is 7.05 Å². The molecule has 0 heterocycles. The molecule has 10 heavy (non-hydrogen) atoms. The van der Waals surface area contributed by atoms with Gasteiger partial charge in [0.2, 0.25) is 0 Å². The van der Waals surface area contributed by atoms with Crippen molar-refractivity contribution >= 4 is 0 Å². The van der Waals surface area contributed by atoms with Crippen molar-refractivity contribution in [3.8, 4) is 0 Å². The van der Waals surface area contributed by atoms with Gasteiger partial charge in [-0.1, -0.05) is 49.0 Å². The maximum absolute atomic E-state index is 4.50. The Morgan fingerprint density at radius 1 is 0.800 bits per heavy atom. The van der Waals surface area contributed by atoms with E-state index in [0.717, 1.165) is 0 Å². The Kier molecular flexibility index (Phi) is 36.0. The minimum Gasteiger partial charge on any atom is -0.333 e. The van der Waals surface area contributed by atoms with E-state index in [1.165, 1.54) is 7.05 Å². The molecule has 0 aromatic heterocycles. The molecule has 0 fully saturated rings. The minimum atomic E-state index is 0. The highest BCUT2D eigenvalue weighted by molar-refractivity contribution is 4.47. The van der Waals surface area contributed by atoms with E-state index in [4.69, 9.17) is 0 Å². The van der Waals surface area contributed by atoms with Crippen LogP contribution in [-0.2, 0) is 0 Å². The van der Waals surface area contributed by atoms with E-state index in [2.05, 4.69) is 33.4 Å². The molecule has 0 atom stereocenters. The minimum absolute atomic E-state index is 0. The lowest BCUT2D eigenvalue weighted by atomic mass is 10.0. The van der Waals surface area contributed by atoms with Crippen LogP contribution < -0.4 is 5.73 Å². The second-order valence-corrected chi connectivity index (χ2v) is 3.00. The van der Waals surface area contributed by atoms with Gasteiger partial charge in [-0.15, -0.1) is 0 Å². The van der Waals surface area contributed by atoms with E-state index in [-0.39, 0.29) is 7.43 Å². The average molecular weight is 149 g/mol. The van der Waals surface area contributed by atoms with Gasteiger partial charge in [0.05, 0.1) is 0 Å². The van der Waals surface area contributed by atoms with E-state index < -0.39 is 0 Å². The summed E-state index contributed by atoms with van der Waals surface area (Å²) >= 11 is 0. The smallest absolute Gasteiger partial charge is 0.0195 e. The van der Waals surface area contributed by atoms with E-state index in [1.807, 2.05) is 13.8 Å². The van der Waals surface area contributed by atoms with Gasteiger partial charge in [0.15, 0.2) is 0 Å². The molecule has 1 nitrogen and oxygen atoms in total. The van der Waals surface area contributed by atoms with Crippen LogP contribution in [0.5, 0.6) is 0 Å². The van der Waals surface area contributed by atoms with Gasteiger partial charge in [-0.05, 0) is 12.5 Å². The molecule has 0 saturated carbocycles. The molecule has 0 amide bonds. The van der Waals surface area contributed by atoms with Gasteiger partial charge in [0.1, 0.15) is 0 Å². The molecule has 1 heteroatoms.